The summed E-state index contributed by atoms with van der Waals surface area (Å²) in [5.41, 5.74) is -0.144. The van der Waals surface area contributed by atoms with Crippen LogP contribution in [0, 0.1) is 5.82 Å². The number of carbonyl (C=O) groups excluding carboxylic acids is 1. The molecule has 122 valence electrons. The van der Waals surface area contributed by atoms with Crippen molar-refractivity contribution in [3.8, 4) is 0 Å². The summed E-state index contributed by atoms with van der Waals surface area (Å²) in [6.45, 7) is -2.22. The van der Waals surface area contributed by atoms with Crippen LogP contribution < -0.4 is 5.32 Å². The standard InChI is InChI=1S/C12H13F3N2O4S/c1-7(18)16-11-3-2-9(4-10(11)13)22(19,20)17-5-8(6-17)21-12(14)15/h2-4,8,12H,5-6H2,1H3,(H,16,18). The van der Waals surface area contributed by atoms with Gasteiger partial charge in [-0.3, -0.25) is 4.79 Å². The predicted molar refractivity (Wildman–Crippen MR) is 70.3 cm³/mol. The number of carbonyl (C=O) groups is 1. The number of hydrogen-bond acceptors (Lipinski definition) is 4. The maximum absolute atomic E-state index is 13.8. The molecule has 1 N–H and O–H groups in total. The van der Waals surface area contributed by atoms with E-state index >= 15 is 0 Å². The Morgan fingerprint density at radius 3 is 2.55 bits per heavy atom. The molecule has 1 aliphatic heterocycles. The van der Waals surface area contributed by atoms with Crippen LogP contribution in [0.2, 0.25) is 0 Å². The molecule has 0 radical (unpaired) electrons. The molecular formula is C12H13F3N2O4S. The molecular weight excluding hydrogens is 325 g/mol. The lowest BCUT2D eigenvalue weighted by molar-refractivity contribution is -0.185. The van der Waals surface area contributed by atoms with Crippen molar-refractivity contribution in [3.05, 3.63) is 24.0 Å². The van der Waals surface area contributed by atoms with E-state index in [4.69, 9.17) is 0 Å². The van der Waals surface area contributed by atoms with Gasteiger partial charge in [0.25, 0.3) is 0 Å². The number of hydrogen-bond donors (Lipinski definition) is 1. The first kappa shape index (κ1) is 16.7. The number of nitrogens with zero attached hydrogens (tertiary/aromatic N) is 1. The molecule has 0 aromatic heterocycles. The van der Waals surface area contributed by atoms with E-state index in [9.17, 15) is 26.4 Å². The number of amides is 1. The van der Waals surface area contributed by atoms with E-state index in [-0.39, 0.29) is 23.7 Å². The first-order valence-electron chi connectivity index (χ1n) is 6.21. The molecule has 1 aromatic carbocycles. The minimum atomic E-state index is -3.98. The summed E-state index contributed by atoms with van der Waals surface area (Å²) >= 11 is 0. The van der Waals surface area contributed by atoms with Gasteiger partial charge in [0.1, 0.15) is 5.82 Å². The second kappa shape index (κ2) is 6.23. The Morgan fingerprint density at radius 1 is 1.41 bits per heavy atom. The summed E-state index contributed by atoms with van der Waals surface area (Å²) in [4.78, 5) is 10.5. The van der Waals surface area contributed by atoms with Crippen LogP contribution in [0.5, 0.6) is 0 Å². The van der Waals surface area contributed by atoms with Gasteiger partial charge in [0.05, 0.1) is 16.7 Å². The number of ether oxygens (including phenoxy) is 1. The third kappa shape index (κ3) is 3.57. The average Bonchev–Trinajstić information content (AvgIpc) is 2.34. The van der Waals surface area contributed by atoms with Crippen molar-refractivity contribution >= 4 is 21.6 Å². The Balaban J connectivity index is 2.11. The summed E-state index contributed by atoms with van der Waals surface area (Å²) in [5, 5.41) is 2.21. The van der Waals surface area contributed by atoms with Crippen LogP contribution in [0.1, 0.15) is 6.92 Å². The largest absolute Gasteiger partial charge is 0.345 e. The van der Waals surface area contributed by atoms with Crippen LogP contribution in [-0.4, -0.2) is 44.4 Å². The van der Waals surface area contributed by atoms with Gasteiger partial charge in [-0.25, -0.2) is 12.8 Å². The minimum absolute atomic E-state index is 0.144. The minimum Gasteiger partial charge on any atom is -0.324 e. The van der Waals surface area contributed by atoms with E-state index in [1.807, 2.05) is 0 Å². The number of anilines is 1. The molecule has 6 nitrogen and oxygen atoms in total. The summed E-state index contributed by atoms with van der Waals surface area (Å²) in [7, 11) is -3.98. The zero-order valence-corrected chi connectivity index (χ0v) is 12.2. The van der Waals surface area contributed by atoms with E-state index in [1.165, 1.54) is 6.92 Å². The Kier molecular flexibility index (Phi) is 4.73. The summed E-state index contributed by atoms with van der Waals surface area (Å²) in [6, 6.07) is 3.02. The fraction of sp³-hybridized carbons (Fsp3) is 0.417. The van der Waals surface area contributed by atoms with E-state index in [0.29, 0.717) is 0 Å². The zero-order valence-electron chi connectivity index (χ0n) is 11.4. The molecule has 1 fully saturated rings. The highest BCUT2D eigenvalue weighted by Gasteiger charge is 2.38. The van der Waals surface area contributed by atoms with Crippen molar-refractivity contribution in [2.75, 3.05) is 18.4 Å². The molecule has 0 bridgehead atoms. The van der Waals surface area contributed by atoms with E-state index < -0.39 is 34.5 Å². The summed E-state index contributed by atoms with van der Waals surface area (Å²) in [5.74, 6) is -1.40. The van der Waals surface area contributed by atoms with Crippen molar-refractivity contribution in [2.45, 2.75) is 24.5 Å². The van der Waals surface area contributed by atoms with Gasteiger partial charge in [-0.1, -0.05) is 0 Å². The number of rotatable bonds is 5. The molecule has 10 heteroatoms. The molecule has 0 spiro atoms. The van der Waals surface area contributed by atoms with E-state index in [2.05, 4.69) is 10.1 Å². The monoisotopic (exact) mass is 338 g/mol. The molecule has 1 saturated heterocycles. The molecule has 0 unspecified atom stereocenters. The van der Waals surface area contributed by atoms with Crippen LogP contribution in [0.25, 0.3) is 0 Å². The maximum atomic E-state index is 13.8. The van der Waals surface area contributed by atoms with Gasteiger partial charge in [-0.05, 0) is 18.2 Å². The van der Waals surface area contributed by atoms with Gasteiger partial charge < -0.3 is 10.1 Å². The van der Waals surface area contributed by atoms with Crippen LogP contribution in [0.15, 0.2) is 23.1 Å². The van der Waals surface area contributed by atoms with Crippen molar-refractivity contribution in [1.82, 2.24) is 4.31 Å². The summed E-state index contributed by atoms with van der Waals surface area (Å²) in [6.07, 6.45) is -0.877. The molecule has 0 saturated carbocycles. The van der Waals surface area contributed by atoms with Gasteiger partial charge in [-0.15, -0.1) is 0 Å². The molecule has 1 aliphatic rings. The quantitative estimate of drug-likeness (QED) is 0.880. The smallest absolute Gasteiger partial charge is 0.324 e. The third-order valence-electron chi connectivity index (χ3n) is 3.00. The fourth-order valence-electron chi connectivity index (χ4n) is 1.92. The Morgan fingerprint density at radius 2 is 2.05 bits per heavy atom. The highest BCUT2D eigenvalue weighted by molar-refractivity contribution is 7.89. The number of nitrogens with one attached hydrogen (secondary N) is 1. The van der Waals surface area contributed by atoms with Gasteiger partial charge >= 0.3 is 6.61 Å². The molecule has 0 atom stereocenters. The topological polar surface area (TPSA) is 75.7 Å². The maximum Gasteiger partial charge on any atom is 0.345 e. The van der Waals surface area contributed by atoms with E-state index in [1.54, 1.807) is 0 Å². The number of alkyl halides is 2. The van der Waals surface area contributed by atoms with Gasteiger partial charge in [0.15, 0.2) is 0 Å². The Labute approximate surface area is 124 Å². The van der Waals surface area contributed by atoms with Crippen LogP contribution in [-0.2, 0) is 19.6 Å². The highest BCUT2D eigenvalue weighted by Crippen LogP contribution is 2.26. The fourth-order valence-corrected chi connectivity index (χ4v) is 3.44. The second-order valence-electron chi connectivity index (χ2n) is 4.66. The first-order chi connectivity index (χ1) is 10.2. The van der Waals surface area contributed by atoms with Crippen molar-refractivity contribution in [3.63, 3.8) is 0 Å². The van der Waals surface area contributed by atoms with Crippen molar-refractivity contribution in [1.29, 1.82) is 0 Å². The predicted octanol–water partition coefficient (Wildman–Crippen LogP) is 1.40. The number of halogens is 3. The van der Waals surface area contributed by atoms with E-state index in [0.717, 1.165) is 22.5 Å². The van der Waals surface area contributed by atoms with Crippen LogP contribution in [0.3, 0.4) is 0 Å². The van der Waals surface area contributed by atoms with Crippen molar-refractivity contribution < 1.29 is 31.1 Å². The Bertz CT molecular complexity index is 675. The first-order valence-corrected chi connectivity index (χ1v) is 7.65. The number of benzene rings is 1. The normalized spacial score (nSPS) is 16.6. The lowest BCUT2D eigenvalue weighted by Gasteiger charge is -2.37. The number of sulfonamides is 1. The molecule has 22 heavy (non-hydrogen) atoms. The SMILES string of the molecule is CC(=O)Nc1ccc(S(=O)(=O)N2CC(OC(F)F)C2)cc1F. The van der Waals surface area contributed by atoms with Crippen molar-refractivity contribution in [2.24, 2.45) is 0 Å². The second-order valence-corrected chi connectivity index (χ2v) is 6.60. The molecule has 1 heterocycles. The van der Waals surface area contributed by atoms with Gasteiger partial charge in [-0.2, -0.15) is 13.1 Å². The van der Waals surface area contributed by atoms with Gasteiger partial charge in [0, 0.05) is 20.0 Å². The van der Waals surface area contributed by atoms with Crippen LogP contribution >= 0.6 is 0 Å². The lowest BCUT2D eigenvalue weighted by atomic mass is 10.2. The van der Waals surface area contributed by atoms with Crippen LogP contribution in [0.4, 0.5) is 18.9 Å². The average molecular weight is 338 g/mol. The Hall–Kier alpha value is -1.65. The lowest BCUT2D eigenvalue weighted by Crippen LogP contribution is -2.55. The molecule has 2 rings (SSSR count). The molecule has 1 amide bonds. The zero-order chi connectivity index (χ0) is 16.5. The molecule has 0 aliphatic carbocycles. The molecule has 1 aromatic rings. The highest BCUT2D eigenvalue weighted by atomic mass is 32.2. The summed E-state index contributed by atoms with van der Waals surface area (Å²) < 4.78 is 67.1. The van der Waals surface area contributed by atoms with Gasteiger partial charge in [0.2, 0.25) is 15.9 Å². The third-order valence-corrected chi connectivity index (χ3v) is 4.83.